The van der Waals surface area contributed by atoms with Gasteiger partial charge in [-0.05, 0) is 55.4 Å². The van der Waals surface area contributed by atoms with Crippen molar-refractivity contribution in [3.05, 3.63) is 71.3 Å². The number of nitrogen functional groups attached to an aromatic ring is 1. The molecule has 0 unspecified atom stereocenters. The van der Waals surface area contributed by atoms with E-state index in [1.165, 1.54) is 47.9 Å². The second kappa shape index (κ2) is 8.24. The summed E-state index contributed by atoms with van der Waals surface area (Å²) >= 11 is 0. The lowest BCUT2D eigenvalue weighted by molar-refractivity contribution is 0.311. The molecule has 132 valence electrons. The molecule has 1 aliphatic rings. The highest BCUT2D eigenvalue weighted by atomic mass is 14.9. The standard InChI is InChI=1S/C23H30N2/c1-17-6-10-21(11-7-17)16-25-23-13-12-20(15-22(23)24)9-8-18(2)14-19-4-3-5-19/h6-7,10-13,15,19,25H,2-5,8-9,14,16,24H2,1H3. The predicted octanol–water partition coefficient (Wildman–Crippen LogP) is 5.87. The molecule has 1 fully saturated rings. The van der Waals surface area contributed by atoms with Gasteiger partial charge >= 0.3 is 0 Å². The van der Waals surface area contributed by atoms with E-state index in [4.69, 9.17) is 5.73 Å². The van der Waals surface area contributed by atoms with Crippen LogP contribution in [-0.2, 0) is 13.0 Å². The normalized spacial score (nSPS) is 14.1. The Kier molecular flexibility index (Phi) is 5.80. The van der Waals surface area contributed by atoms with E-state index in [1.807, 2.05) is 0 Å². The van der Waals surface area contributed by atoms with Crippen LogP contribution in [0.2, 0.25) is 0 Å². The number of nitrogens with one attached hydrogen (secondary N) is 1. The van der Waals surface area contributed by atoms with Crippen LogP contribution in [0.3, 0.4) is 0 Å². The molecule has 0 saturated heterocycles. The molecule has 0 bridgehead atoms. The Hall–Kier alpha value is -2.22. The molecule has 2 heteroatoms. The van der Waals surface area contributed by atoms with Gasteiger partial charge in [0.1, 0.15) is 0 Å². The number of allylic oxidation sites excluding steroid dienone is 1. The first kappa shape index (κ1) is 17.6. The van der Waals surface area contributed by atoms with E-state index in [-0.39, 0.29) is 0 Å². The Balaban J connectivity index is 1.49. The number of anilines is 2. The van der Waals surface area contributed by atoms with Crippen LogP contribution in [-0.4, -0.2) is 0 Å². The van der Waals surface area contributed by atoms with Gasteiger partial charge < -0.3 is 11.1 Å². The minimum absolute atomic E-state index is 0.794. The average Bonchev–Trinajstić information content (AvgIpc) is 2.57. The molecule has 2 nitrogen and oxygen atoms in total. The van der Waals surface area contributed by atoms with Crippen LogP contribution in [0.25, 0.3) is 0 Å². The highest BCUT2D eigenvalue weighted by Crippen LogP contribution is 2.32. The zero-order valence-corrected chi connectivity index (χ0v) is 15.4. The van der Waals surface area contributed by atoms with E-state index < -0.39 is 0 Å². The number of hydrogen-bond donors (Lipinski definition) is 2. The Labute approximate surface area is 152 Å². The third-order valence-corrected chi connectivity index (χ3v) is 5.29. The van der Waals surface area contributed by atoms with Crippen LogP contribution in [0.1, 0.15) is 48.8 Å². The highest BCUT2D eigenvalue weighted by Gasteiger charge is 2.17. The van der Waals surface area contributed by atoms with Crippen LogP contribution in [0.5, 0.6) is 0 Å². The molecule has 0 heterocycles. The number of aryl methyl sites for hydroxylation is 2. The van der Waals surface area contributed by atoms with E-state index in [1.54, 1.807) is 0 Å². The Morgan fingerprint density at radius 3 is 2.48 bits per heavy atom. The smallest absolute Gasteiger partial charge is 0.0576 e. The Morgan fingerprint density at radius 1 is 1.12 bits per heavy atom. The van der Waals surface area contributed by atoms with E-state index in [2.05, 4.69) is 61.3 Å². The van der Waals surface area contributed by atoms with Crippen LogP contribution >= 0.6 is 0 Å². The molecule has 2 aromatic rings. The molecular formula is C23H30N2. The molecule has 0 amide bonds. The van der Waals surface area contributed by atoms with Gasteiger partial charge in [0.25, 0.3) is 0 Å². The van der Waals surface area contributed by atoms with E-state index >= 15 is 0 Å². The molecule has 1 aliphatic carbocycles. The zero-order chi connectivity index (χ0) is 17.6. The minimum Gasteiger partial charge on any atom is -0.397 e. The van der Waals surface area contributed by atoms with E-state index in [0.717, 1.165) is 36.7 Å². The number of benzene rings is 2. The van der Waals surface area contributed by atoms with Crippen LogP contribution in [0.15, 0.2) is 54.6 Å². The Bertz CT molecular complexity index is 711. The van der Waals surface area contributed by atoms with E-state index in [0.29, 0.717) is 0 Å². The maximum Gasteiger partial charge on any atom is 0.0576 e. The fraction of sp³-hybridized carbons (Fsp3) is 0.391. The molecule has 0 aromatic heterocycles. The second-order valence-corrected chi connectivity index (χ2v) is 7.51. The van der Waals surface area contributed by atoms with Gasteiger partial charge in [-0.15, -0.1) is 0 Å². The molecule has 1 saturated carbocycles. The number of hydrogen-bond acceptors (Lipinski definition) is 2. The fourth-order valence-corrected chi connectivity index (χ4v) is 3.36. The largest absolute Gasteiger partial charge is 0.397 e. The lowest BCUT2D eigenvalue weighted by Gasteiger charge is -2.26. The maximum atomic E-state index is 6.24. The summed E-state index contributed by atoms with van der Waals surface area (Å²) in [6, 6.07) is 15.0. The topological polar surface area (TPSA) is 38.0 Å². The van der Waals surface area contributed by atoms with Crippen molar-refractivity contribution in [3.8, 4) is 0 Å². The fourth-order valence-electron chi connectivity index (χ4n) is 3.36. The molecule has 0 spiro atoms. The molecule has 0 aliphatic heterocycles. The predicted molar refractivity (Wildman–Crippen MR) is 109 cm³/mol. The van der Waals surface area contributed by atoms with Gasteiger partial charge in [-0.3, -0.25) is 0 Å². The van der Waals surface area contributed by atoms with Crippen LogP contribution < -0.4 is 11.1 Å². The van der Waals surface area contributed by atoms with Gasteiger partial charge in [0.2, 0.25) is 0 Å². The number of nitrogens with two attached hydrogens (primary N) is 1. The summed E-state index contributed by atoms with van der Waals surface area (Å²) in [6.07, 6.45) is 7.53. The first-order valence-corrected chi connectivity index (χ1v) is 9.44. The Morgan fingerprint density at radius 2 is 1.84 bits per heavy atom. The summed E-state index contributed by atoms with van der Waals surface area (Å²) in [5.41, 5.74) is 13.3. The van der Waals surface area contributed by atoms with Crippen LogP contribution in [0.4, 0.5) is 11.4 Å². The SMILES string of the molecule is C=C(CCc1ccc(NCc2ccc(C)cc2)c(N)c1)CC1CCC1. The first-order valence-electron chi connectivity index (χ1n) is 9.44. The minimum atomic E-state index is 0.794. The van der Waals surface area contributed by atoms with Crippen molar-refractivity contribution in [1.82, 2.24) is 0 Å². The lowest BCUT2D eigenvalue weighted by atomic mass is 9.80. The molecule has 3 N–H and O–H groups in total. The zero-order valence-electron chi connectivity index (χ0n) is 15.4. The monoisotopic (exact) mass is 334 g/mol. The quantitative estimate of drug-likeness (QED) is 0.468. The van der Waals surface area contributed by atoms with Crippen molar-refractivity contribution in [3.63, 3.8) is 0 Å². The lowest BCUT2D eigenvalue weighted by Crippen LogP contribution is -2.11. The second-order valence-electron chi connectivity index (χ2n) is 7.51. The van der Waals surface area contributed by atoms with Gasteiger partial charge in [-0.2, -0.15) is 0 Å². The third-order valence-electron chi connectivity index (χ3n) is 5.29. The van der Waals surface area contributed by atoms with Crippen molar-refractivity contribution < 1.29 is 0 Å². The van der Waals surface area contributed by atoms with Gasteiger partial charge in [0, 0.05) is 6.54 Å². The maximum absolute atomic E-state index is 6.24. The third kappa shape index (κ3) is 5.12. The van der Waals surface area contributed by atoms with E-state index in [9.17, 15) is 0 Å². The number of rotatable bonds is 8. The summed E-state index contributed by atoms with van der Waals surface area (Å²) in [4.78, 5) is 0. The summed E-state index contributed by atoms with van der Waals surface area (Å²) in [7, 11) is 0. The summed E-state index contributed by atoms with van der Waals surface area (Å²) in [5, 5.41) is 3.44. The molecule has 2 aromatic carbocycles. The van der Waals surface area contributed by atoms with Crippen molar-refractivity contribution in [2.75, 3.05) is 11.1 Å². The summed E-state index contributed by atoms with van der Waals surface area (Å²) in [5.74, 6) is 0.908. The van der Waals surface area contributed by atoms with Crippen LogP contribution in [0, 0.1) is 12.8 Å². The average molecular weight is 335 g/mol. The van der Waals surface area contributed by atoms with Gasteiger partial charge in [-0.1, -0.05) is 67.3 Å². The van der Waals surface area contributed by atoms with Crippen molar-refractivity contribution >= 4 is 11.4 Å². The molecule has 0 atom stereocenters. The molecule has 25 heavy (non-hydrogen) atoms. The first-order chi connectivity index (χ1) is 12.1. The molecule has 3 rings (SSSR count). The van der Waals surface area contributed by atoms with Crippen molar-refractivity contribution in [2.45, 2.75) is 52.0 Å². The molecule has 0 radical (unpaired) electrons. The summed E-state index contributed by atoms with van der Waals surface area (Å²) in [6.45, 7) is 7.16. The van der Waals surface area contributed by atoms with Gasteiger partial charge in [0.15, 0.2) is 0 Å². The van der Waals surface area contributed by atoms with Gasteiger partial charge in [0.05, 0.1) is 11.4 Å². The molecular weight excluding hydrogens is 304 g/mol. The van der Waals surface area contributed by atoms with Crippen molar-refractivity contribution in [2.24, 2.45) is 5.92 Å². The van der Waals surface area contributed by atoms with Crippen molar-refractivity contribution in [1.29, 1.82) is 0 Å². The van der Waals surface area contributed by atoms with Gasteiger partial charge in [-0.25, -0.2) is 0 Å². The summed E-state index contributed by atoms with van der Waals surface area (Å²) < 4.78 is 0. The highest BCUT2D eigenvalue weighted by molar-refractivity contribution is 5.67.